The lowest BCUT2D eigenvalue weighted by molar-refractivity contribution is 0.0691. The predicted octanol–water partition coefficient (Wildman–Crippen LogP) is 0.0690. The molecule has 12 heavy (non-hydrogen) atoms. The van der Waals surface area contributed by atoms with Crippen molar-refractivity contribution in [3.05, 3.63) is 0 Å². The number of hydrogen-bond donors (Lipinski definition) is 1. The number of ether oxygens (including phenoxy) is 1. The lowest BCUT2D eigenvalue weighted by atomic mass is 10.2. The zero-order chi connectivity index (χ0) is 8.39. The van der Waals surface area contributed by atoms with Crippen molar-refractivity contribution in [3.8, 4) is 0 Å². The van der Waals surface area contributed by atoms with E-state index in [1.807, 2.05) is 0 Å². The van der Waals surface area contributed by atoms with E-state index >= 15 is 0 Å². The van der Waals surface area contributed by atoms with Crippen LogP contribution in [0.2, 0.25) is 0 Å². The van der Waals surface area contributed by atoms with Gasteiger partial charge in [-0.25, -0.2) is 0 Å². The van der Waals surface area contributed by atoms with E-state index in [0.29, 0.717) is 6.10 Å². The summed E-state index contributed by atoms with van der Waals surface area (Å²) in [6.45, 7) is 7.60. The highest BCUT2D eigenvalue weighted by molar-refractivity contribution is 4.90. The SMILES string of the molecule is CCOC1CC2CNCCN2C1. The summed E-state index contributed by atoms with van der Waals surface area (Å²) in [6, 6.07) is 0.746. The smallest absolute Gasteiger partial charge is 0.0717 e. The van der Waals surface area contributed by atoms with Crippen LogP contribution < -0.4 is 5.32 Å². The Kier molecular flexibility index (Phi) is 2.63. The summed E-state index contributed by atoms with van der Waals surface area (Å²) in [7, 11) is 0. The number of rotatable bonds is 2. The van der Waals surface area contributed by atoms with E-state index in [-0.39, 0.29) is 0 Å². The van der Waals surface area contributed by atoms with Crippen LogP contribution in [0.4, 0.5) is 0 Å². The van der Waals surface area contributed by atoms with E-state index in [1.54, 1.807) is 0 Å². The molecule has 0 aromatic rings. The van der Waals surface area contributed by atoms with Gasteiger partial charge in [0.1, 0.15) is 0 Å². The highest BCUT2D eigenvalue weighted by atomic mass is 16.5. The molecule has 3 heteroatoms. The molecule has 2 saturated heterocycles. The summed E-state index contributed by atoms with van der Waals surface area (Å²) in [5, 5.41) is 3.42. The number of piperazine rings is 1. The summed E-state index contributed by atoms with van der Waals surface area (Å²) in [5.41, 5.74) is 0. The van der Waals surface area contributed by atoms with Gasteiger partial charge < -0.3 is 10.1 Å². The number of hydrogen-bond acceptors (Lipinski definition) is 3. The van der Waals surface area contributed by atoms with Crippen LogP contribution in [0, 0.1) is 0 Å². The van der Waals surface area contributed by atoms with E-state index < -0.39 is 0 Å². The van der Waals surface area contributed by atoms with Gasteiger partial charge in [0.25, 0.3) is 0 Å². The molecule has 0 amide bonds. The second-order valence-corrected chi connectivity index (χ2v) is 3.67. The molecule has 3 nitrogen and oxygen atoms in total. The Balaban J connectivity index is 1.85. The lowest BCUT2D eigenvalue weighted by Gasteiger charge is -2.29. The number of nitrogens with zero attached hydrogens (tertiary/aromatic N) is 1. The molecule has 2 aliphatic rings. The van der Waals surface area contributed by atoms with E-state index in [0.717, 1.165) is 32.3 Å². The van der Waals surface area contributed by atoms with Crippen molar-refractivity contribution in [2.45, 2.75) is 25.5 Å². The maximum Gasteiger partial charge on any atom is 0.0717 e. The third-order valence-corrected chi connectivity index (χ3v) is 2.85. The number of fused-ring (bicyclic) bond motifs is 1. The van der Waals surface area contributed by atoms with Crippen molar-refractivity contribution in [3.63, 3.8) is 0 Å². The van der Waals surface area contributed by atoms with Crippen molar-refractivity contribution in [2.24, 2.45) is 0 Å². The van der Waals surface area contributed by atoms with Crippen molar-refractivity contribution < 1.29 is 4.74 Å². The minimum absolute atomic E-state index is 0.500. The summed E-state index contributed by atoms with van der Waals surface area (Å²) in [4.78, 5) is 2.55. The quantitative estimate of drug-likeness (QED) is 0.634. The Labute approximate surface area is 74.1 Å². The van der Waals surface area contributed by atoms with Gasteiger partial charge in [-0.15, -0.1) is 0 Å². The standard InChI is InChI=1S/C9H18N2O/c1-2-12-9-5-8-6-10-3-4-11(8)7-9/h8-10H,2-7H2,1H3. The molecule has 2 rings (SSSR count). The molecule has 2 unspecified atom stereocenters. The van der Waals surface area contributed by atoms with Crippen LogP contribution in [0.1, 0.15) is 13.3 Å². The van der Waals surface area contributed by atoms with Crippen molar-refractivity contribution in [1.29, 1.82) is 0 Å². The average molecular weight is 170 g/mol. The van der Waals surface area contributed by atoms with Crippen molar-refractivity contribution in [1.82, 2.24) is 10.2 Å². The summed E-state index contributed by atoms with van der Waals surface area (Å²) < 4.78 is 5.63. The fraction of sp³-hybridized carbons (Fsp3) is 1.00. The van der Waals surface area contributed by atoms with Crippen LogP contribution in [0.5, 0.6) is 0 Å². The first-order valence-electron chi connectivity index (χ1n) is 4.96. The monoisotopic (exact) mass is 170 g/mol. The summed E-state index contributed by atoms with van der Waals surface area (Å²) in [6.07, 6.45) is 1.72. The van der Waals surface area contributed by atoms with Gasteiger partial charge in [0.15, 0.2) is 0 Å². The number of nitrogens with one attached hydrogen (secondary N) is 1. The Bertz CT molecular complexity index is 137. The molecule has 1 N–H and O–H groups in total. The van der Waals surface area contributed by atoms with Crippen molar-refractivity contribution >= 4 is 0 Å². The first-order chi connectivity index (χ1) is 5.90. The second-order valence-electron chi connectivity index (χ2n) is 3.67. The van der Waals surface area contributed by atoms with Crippen LogP contribution in [0.3, 0.4) is 0 Å². The summed E-state index contributed by atoms with van der Waals surface area (Å²) in [5.74, 6) is 0. The van der Waals surface area contributed by atoms with E-state index in [4.69, 9.17) is 4.74 Å². The Morgan fingerprint density at radius 3 is 3.25 bits per heavy atom. The third kappa shape index (κ3) is 1.63. The topological polar surface area (TPSA) is 24.5 Å². The molecule has 2 atom stereocenters. The van der Waals surface area contributed by atoms with Gasteiger partial charge >= 0.3 is 0 Å². The average Bonchev–Trinajstić information content (AvgIpc) is 2.47. The van der Waals surface area contributed by atoms with Crippen LogP contribution in [-0.4, -0.2) is 49.8 Å². The molecule has 2 heterocycles. The maximum absolute atomic E-state index is 5.63. The Hall–Kier alpha value is -0.120. The van der Waals surface area contributed by atoms with Crippen LogP contribution >= 0.6 is 0 Å². The lowest BCUT2D eigenvalue weighted by Crippen LogP contribution is -2.47. The normalized spacial score (nSPS) is 36.8. The Morgan fingerprint density at radius 2 is 2.50 bits per heavy atom. The van der Waals surface area contributed by atoms with Gasteiger partial charge in [-0.2, -0.15) is 0 Å². The molecule has 0 bridgehead atoms. The molecule has 70 valence electrons. The van der Waals surface area contributed by atoms with Crippen LogP contribution in [0.15, 0.2) is 0 Å². The highest BCUT2D eigenvalue weighted by Crippen LogP contribution is 2.20. The van der Waals surface area contributed by atoms with Gasteiger partial charge in [-0.1, -0.05) is 0 Å². The van der Waals surface area contributed by atoms with E-state index in [1.165, 1.54) is 13.0 Å². The maximum atomic E-state index is 5.63. The largest absolute Gasteiger partial charge is 0.377 e. The van der Waals surface area contributed by atoms with Crippen LogP contribution in [0.25, 0.3) is 0 Å². The molecular formula is C9H18N2O. The van der Waals surface area contributed by atoms with Gasteiger partial charge in [-0.3, -0.25) is 4.90 Å². The second kappa shape index (κ2) is 3.73. The molecular weight excluding hydrogens is 152 g/mol. The molecule has 0 spiro atoms. The minimum Gasteiger partial charge on any atom is -0.377 e. The molecule has 2 fully saturated rings. The fourth-order valence-corrected chi connectivity index (χ4v) is 2.27. The first-order valence-corrected chi connectivity index (χ1v) is 4.96. The first kappa shape index (κ1) is 8.48. The van der Waals surface area contributed by atoms with Gasteiger partial charge in [0.2, 0.25) is 0 Å². The molecule has 0 radical (unpaired) electrons. The Morgan fingerprint density at radius 1 is 1.58 bits per heavy atom. The van der Waals surface area contributed by atoms with Crippen LogP contribution in [-0.2, 0) is 4.74 Å². The predicted molar refractivity (Wildman–Crippen MR) is 48.3 cm³/mol. The van der Waals surface area contributed by atoms with Gasteiger partial charge in [-0.05, 0) is 13.3 Å². The van der Waals surface area contributed by atoms with Gasteiger partial charge in [0, 0.05) is 38.8 Å². The molecule has 0 saturated carbocycles. The van der Waals surface area contributed by atoms with Crippen molar-refractivity contribution in [2.75, 3.05) is 32.8 Å². The zero-order valence-corrected chi connectivity index (χ0v) is 7.75. The molecule has 0 aromatic carbocycles. The molecule has 0 aromatic heterocycles. The van der Waals surface area contributed by atoms with E-state index in [9.17, 15) is 0 Å². The zero-order valence-electron chi connectivity index (χ0n) is 7.75. The minimum atomic E-state index is 0.500. The highest BCUT2D eigenvalue weighted by Gasteiger charge is 2.33. The molecule has 2 aliphatic heterocycles. The fourth-order valence-electron chi connectivity index (χ4n) is 2.27. The van der Waals surface area contributed by atoms with Gasteiger partial charge in [0.05, 0.1) is 6.10 Å². The third-order valence-electron chi connectivity index (χ3n) is 2.85. The summed E-state index contributed by atoms with van der Waals surface area (Å²) >= 11 is 0. The van der Waals surface area contributed by atoms with E-state index in [2.05, 4.69) is 17.1 Å². The molecule has 0 aliphatic carbocycles.